The van der Waals surface area contributed by atoms with Gasteiger partial charge in [0.1, 0.15) is 11.5 Å². The number of rotatable bonds is 6. The van der Waals surface area contributed by atoms with Crippen LogP contribution in [-0.4, -0.2) is 50.8 Å². The van der Waals surface area contributed by atoms with Crippen LogP contribution in [0, 0.1) is 0 Å². The molecule has 0 aliphatic carbocycles. The number of amides is 1. The number of methoxy groups -OCH3 is 1. The lowest BCUT2D eigenvalue weighted by molar-refractivity contribution is -0.892. The normalized spacial score (nSPS) is 14.9. The maximum absolute atomic E-state index is 12.3. The third-order valence-corrected chi connectivity index (χ3v) is 4.76. The van der Waals surface area contributed by atoms with Gasteiger partial charge in [-0.2, -0.15) is 0 Å². The van der Waals surface area contributed by atoms with Gasteiger partial charge in [-0.15, -0.1) is 0 Å². The number of phenolic OH excluding ortho intramolecular Hbond substituents is 1. The molecule has 0 saturated carbocycles. The van der Waals surface area contributed by atoms with Crippen molar-refractivity contribution in [3.8, 4) is 11.5 Å². The first-order chi connectivity index (χ1) is 12.7. The minimum atomic E-state index is 0.0592. The number of aromatic hydroxyl groups is 1. The van der Waals surface area contributed by atoms with Crippen molar-refractivity contribution in [1.29, 1.82) is 0 Å². The smallest absolute Gasteiger partial charge is 0.275 e. The van der Waals surface area contributed by atoms with Crippen molar-refractivity contribution in [3.05, 3.63) is 54.1 Å². The molecule has 0 aromatic heterocycles. The van der Waals surface area contributed by atoms with Gasteiger partial charge in [0.05, 0.1) is 33.3 Å². The molecular formula is C20H26N3O3+. The number of carbonyl (C=O) groups is 1. The van der Waals surface area contributed by atoms with E-state index in [0.29, 0.717) is 13.1 Å². The molecule has 6 heteroatoms. The number of carbonyl (C=O) groups excluding carboxylic acids is 1. The van der Waals surface area contributed by atoms with Crippen molar-refractivity contribution in [2.75, 3.05) is 44.7 Å². The van der Waals surface area contributed by atoms with Gasteiger partial charge in [0, 0.05) is 17.8 Å². The molecule has 0 atom stereocenters. The molecule has 3 rings (SSSR count). The molecule has 0 bridgehead atoms. The summed E-state index contributed by atoms with van der Waals surface area (Å²) in [6.45, 7) is 4.61. The fraction of sp³-hybridized carbons (Fsp3) is 0.350. The van der Waals surface area contributed by atoms with Crippen molar-refractivity contribution in [1.82, 2.24) is 5.32 Å². The quantitative estimate of drug-likeness (QED) is 0.702. The summed E-state index contributed by atoms with van der Waals surface area (Å²) in [5, 5.41) is 12.4. The number of anilines is 1. The summed E-state index contributed by atoms with van der Waals surface area (Å²) in [5.41, 5.74) is 2.10. The summed E-state index contributed by atoms with van der Waals surface area (Å²) >= 11 is 0. The average Bonchev–Trinajstić information content (AvgIpc) is 2.68. The minimum Gasteiger partial charge on any atom is -0.508 e. The summed E-state index contributed by atoms with van der Waals surface area (Å²) in [6, 6.07) is 15.0. The van der Waals surface area contributed by atoms with Gasteiger partial charge in [-0.05, 0) is 30.3 Å². The van der Waals surface area contributed by atoms with Crippen LogP contribution in [-0.2, 0) is 11.3 Å². The summed E-state index contributed by atoms with van der Waals surface area (Å²) in [4.78, 5) is 15.8. The first-order valence-electron chi connectivity index (χ1n) is 8.92. The Hall–Kier alpha value is -2.73. The lowest BCUT2D eigenvalue weighted by Crippen LogP contribution is -3.15. The van der Waals surface area contributed by atoms with Gasteiger partial charge in [0.25, 0.3) is 5.91 Å². The van der Waals surface area contributed by atoms with Crippen LogP contribution in [0.25, 0.3) is 0 Å². The number of benzene rings is 2. The van der Waals surface area contributed by atoms with Crippen molar-refractivity contribution >= 4 is 11.6 Å². The number of nitrogens with zero attached hydrogens (tertiary/aromatic N) is 1. The highest BCUT2D eigenvalue weighted by Gasteiger charge is 2.22. The van der Waals surface area contributed by atoms with Gasteiger partial charge >= 0.3 is 0 Å². The van der Waals surface area contributed by atoms with E-state index in [0.717, 1.165) is 43.2 Å². The van der Waals surface area contributed by atoms with E-state index in [1.807, 2.05) is 36.4 Å². The second kappa shape index (κ2) is 8.58. The van der Waals surface area contributed by atoms with E-state index in [1.165, 1.54) is 4.90 Å². The SMILES string of the molecule is COc1ccccc1CNC(=O)C[NH+]1CCN(c2ccc(O)cc2)CC1. The molecule has 2 aromatic carbocycles. The number of ether oxygens (including phenoxy) is 1. The number of quaternary nitrogens is 1. The first kappa shape index (κ1) is 18.1. The van der Waals surface area contributed by atoms with Crippen LogP contribution in [0.15, 0.2) is 48.5 Å². The van der Waals surface area contributed by atoms with E-state index in [-0.39, 0.29) is 11.7 Å². The maximum atomic E-state index is 12.3. The molecule has 1 amide bonds. The predicted octanol–water partition coefficient (Wildman–Crippen LogP) is 0.422. The Morgan fingerprint density at radius 2 is 1.85 bits per heavy atom. The summed E-state index contributed by atoms with van der Waals surface area (Å²) in [7, 11) is 1.64. The first-order valence-corrected chi connectivity index (χ1v) is 8.92. The molecule has 1 saturated heterocycles. The van der Waals surface area contributed by atoms with Crippen molar-refractivity contribution < 1.29 is 19.5 Å². The molecular weight excluding hydrogens is 330 g/mol. The summed E-state index contributed by atoms with van der Waals surface area (Å²) in [5.74, 6) is 1.14. The Morgan fingerprint density at radius 3 is 2.54 bits per heavy atom. The van der Waals surface area contributed by atoms with Gasteiger partial charge in [0.2, 0.25) is 0 Å². The maximum Gasteiger partial charge on any atom is 0.275 e. The van der Waals surface area contributed by atoms with E-state index in [9.17, 15) is 9.90 Å². The molecule has 0 spiro atoms. The molecule has 0 unspecified atom stereocenters. The van der Waals surface area contributed by atoms with Crippen molar-refractivity contribution in [2.24, 2.45) is 0 Å². The Kier molecular flexibility index (Phi) is 5.96. The van der Waals surface area contributed by atoms with Crippen molar-refractivity contribution in [3.63, 3.8) is 0 Å². The predicted molar refractivity (Wildman–Crippen MR) is 101 cm³/mol. The highest BCUT2D eigenvalue weighted by atomic mass is 16.5. The van der Waals surface area contributed by atoms with Gasteiger partial charge in [0.15, 0.2) is 6.54 Å². The summed E-state index contributed by atoms with van der Waals surface area (Å²) in [6.07, 6.45) is 0. The van der Waals surface area contributed by atoms with Crippen LogP contribution < -0.4 is 19.9 Å². The van der Waals surface area contributed by atoms with E-state index in [1.54, 1.807) is 19.2 Å². The fourth-order valence-corrected chi connectivity index (χ4v) is 3.25. The van der Waals surface area contributed by atoms with Crippen LogP contribution in [0.1, 0.15) is 5.56 Å². The van der Waals surface area contributed by atoms with Gasteiger partial charge in [-0.3, -0.25) is 4.79 Å². The fourth-order valence-electron chi connectivity index (χ4n) is 3.25. The van der Waals surface area contributed by atoms with Crippen LogP contribution >= 0.6 is 0 Å². The van der Waals surface area contributed by atoms with Gasteiger partial charge in [-0.25, -0.2) is 0 Å². The number of hydrogen-bond acceptors (Lipinski definition) is 4. The minimum absolute atomic E-state index is 0.0592. The third kappa shape index (κ3) is 4.67. The highest BCUT2D eigenvalue weighted by molar-refractivity contribution is 5.76. The van der Waals surface area contributed by atoms with Crippen molar-refractivity contribution in [2.45, 2.75) is 6.54 Å². The standard InChI is InChI=1S/C20H25N3O3/c1-26-19-5-3-2-4-16(19)14-21-20(25)15-22-10-12-23(13-11-22)17-6-8-18(24)9-7-17/h2-9,24H,10-15H2,1H3,(H,21,25)/p+1. The molecule has 6 nitrogen and oxygen atoms in total. The largest absolute Gasteiger partial charge is 0.508 e. The second-order valence-corrected chi connectivity index (χ2v) is 6.52. The molecule has 138 valence electrons. The van der Waals surface area contributed by atoms with E-state index >= 15 is 0 Å². The van der Waals surface area contributed by atoms with E-state index in [4.69, 9.17) is 4.74 Å². The highest BCUT2D eigenvalue weighted by Crippen LogP contribution is 2.18. The summed E-state index contributed by atoms with van der Waals surface area (Å²) < 4.78 is 5.31. The molecule has 1 heterocycles. The zero-order chi connectivity index (χ0) is 18.4. The molecule has 1 aliphatic rings. The molecule has 0 radical (unpaired) electrons. The van der Waals surface area contributed by atoms with Crippen LogP contribution in [0.5, 0.6) is 11.5 Å². The number of piperazine rings is 1. The number of nitrogens with one attached hydrogen (secondary N) is 2. The van der Waals surface area contributed by atoms with E-state index in [2.05, 4.69) is 10.2 Å². The van der Waals surface area contributed by atoms with E-state index < -0.39 is 0 Å². The Bertz CT molecular complexity index is 725. The monoisotopic (exact) mass is 356 g/mol. The van der Waals surface area contributed by atoms with Crippen LogP contribution in [0.3, 0.4) is 0 Å². The second-order valence-electron chi connectivity index (χ2n) is 6.52. The molecule has 26 heavy (non-hydrogen) atoms. The van der Waals surface area contributed by atoms with Gasteiger partial charge in [-0.1, -0.05) is 18.2 Å². The lowest BCUT2D eigenvalue weighted by atomic mass is 10.2. The van der Waals surface area contributed by atoms with Gasteiger partial charge < -0.3 is 25.0 Å². The lowest BCUT2D eigenvalue weighted by Gasteiger charge is -2.33. The van der Waals surface area contributed by atoms with Crippen LogP contribution in [0.2, 0.25) is 0 Å². The Balaban J connectivity index is 1.44. The Labute approximate surface area is 154 Å². The molecule has 1 aliphatic heterocycles. The molecule has 2 aromatic rings. The Morgan fingerprint density at radius 1 is 1.15 bits per heavy atom. The zero-order valence-electron chi connectivity index (χ0n) is 15.1. The third-order valence-electron chi connectivity index (χ3n) is 4.76. The topological polar surface area (TPSA) is 66.2 Å². The van der Waals surface area contributed by atoms with Crippen LogP contribution in [0.4, 0.5) is 5.69 Å². The number of phenols is 1. The molecule has 1 fully saturated rings. The number of hydrogen-bond donors (Lipinski definition) is 3. The zero-order valence-corrected chi connectivity index (χ0v) is 15.1. The number of para-hydroxylation sites is 1. The average molecular weight is 356 g/mol. The molecule has 3 N–H and O–H groups in total.